The molecule has 0 aliphatic carbocycles. The van der Waals surface area contributed by atoms with E-state index in [1.165, 1.54) is 6.08 Å². The fourth-order valence-electron chi connectivity index (χ4n) is 0.272. The van der Waals surface area contributed by atoms with E-state index in [1.807, 2.05) is 0 Å². The maximum atomic E-state index is 6.50. The van der Waals surface area contributed by atoms with E-state index in [0.29, 0.717) is 5.70 Å². The molecule has 0 saturated carbocycles. The summed E-state index contributed by atoms with van der Waals surface area (Å²) in [6.07, 6.45) is 4.67. The predicted molar refractivity (Wildman–Crippen MR) is 33.6 cm³/mol. The van der Waals surface area contributed by atoms with Gasteiger partial charge in [-0.25, -0.2) is 5.53 Å². The molecule has 0 aromatic rings. The highest BCUT2D eigenvalue weighted by atomic mass is 15.0. The zero-order chi connectivity index (χ0) is 6.41. The Balaban J connectivity index is 4.05. The first-order valence-corrected chi connectivity index (χ1v) is 2.17. The lowest BCUT2D eigenvalue weighted by molar-refractivity contribution is 1.09. The zero-order valence-corrected chi connectivity index (χ0v) is 4.59. The Labute approximate surface area is 48.7 Å². The van der Waals surface area contributed by atoms with Gasteiger partial charge in [-0.3, -0.25) is 0 Å². The van der Waals surface area contributed by atoms with E-state index < -0.39 is 0 Å². The fraction of sp³-hybridized carbons (Fsp3) is 0. The largest absolute Gasteiger partial charge is 0.204 e. The molecule has 42 valence electrons. The molecule has 1 N–H and O–H groups in total. The van der Waals surface area contributed by atoms with Gasteiger partial charge in [-0.2, -0.15) is 5.11 Å². The number of hydrogen-bond acceptors (Lipinski definition) is 2. The standard InChI is InChI=1S/C6H8N2/c1-3-5-6(4-2)8-7/h3-5,7H,1-2H2/b6-5+,8-7?. The van der Waals surface area contributed by atoms with Gasteiger partial charge in [0.25, 0.3) is 0 Å². The topological polar surface area (TPSA) is 36.2 Å². The highest BCUT2D eigenvalue weighted by Crippen LogP contribution is 1.94. The second kappa shape index (κ2) is 3.99. The van der Waals surface area contributed by atoms with Gasteiger partial charge in [0, 0.05) is 0 Å². The summed E-state index contributed by atoms with van der Waals surface area (Å²) < 4.78 is 0. The quantitative estimate of drug-likeness (QED) is 0.425. The summed E-state index contributed by atoms with van der Waals surface area (Å²) in [4.78, 5) is 0. The van der Waals surface area contributed by atoms with E-state index in [9.17, 15) is 0 Å². The molecule has 0 fully saturated rings. The molecule has 0 heterocycles. The maximum Gasteiger partial charge on any atom is 0.0843 e. The van der Waals surface area contributed by atoms with E-state index >= 15 is 0 Å². The highest BCUT2D eigenvalue weighted by Gasteiger charge is 1.77. The number of nitrogens with zero attached hydrogens (tertiary/aromatic N) is 1. The first-order chi connectivity index (χ1) is 3.85. The lowest BCUT2D eigenvalue weighted by atomic mass is 10.4. The molecule has 0 radical (unpaired) electrons. The molecule has 0 aromatic carbocycles. The molecule has 0 aromatic heterocycles. The number of allylic oxidation sites excluding steroid dienone is 3. The van der Waals surface area contributed by atoms with Crippen LogP contribution in [0.2, 0.25) is 0 Å². The normalized spacial score (nSPS) is 10.2. The molecule has 0 rings (SSSR count). The summed E-state index contributed by atoms with van der Waals surface area (Å²) in [5, 5.41) is 3.12. The summed E-state index contributed by atoms with van der Waals surface area (Å²) >= 11 is 0. The van der Waals surface area contributed by atoms with Crippen molar-refractivity contribution in [2.45, 2.75) is 0 Å². The fourth-order valence-corrected chi connectivity index (χ4v) is 0.272. The van der Waals surface area contributed by atoms with Crippen molar-refractivity contribution < 1.29 is 0 Å². The van der Waals surface area contributed by atoms with Crippen LogP contribution in [0.3, 0.4) is 0 Å². The Morgan fingerprint density at radius 2 is 2.12 bits per heavy atom. The minimum atomic E-state index is 0.528. The van der Waals surface area contributed by atoms with Crippen LogP contribution in [-0.2, 0) is 0 Å². The first kappa shape index (κ1) is 6.82. The van der Waals surface area contributed by atoms with Crippen LogP contribution < -0.4 is 0 Å². The molecule has 2 heteroatoms. The summed E-state index contributed by atoms with van der Waals surface area (Å²) in [5.41, 5.74) is 7.03. The lowest BCUT2D eigenvalue weighted by Crippen LogP contribution is -1.62. The summed E-state index contributed by atoms with van der Waals surface area (Å²) in [5.74, 6) is 0. The lowest BCUT2D eigenvalue weighted by Gasteiger charge is -1.81. The highest BCUT2D eigenvalue weighted by molar-refractivity contribution is 5.18. The molecular formula is C6H8N2. The van der Waals surface area contributed by atoms with Gasteiger partial charge in [0.05, 0.1) is 5.70 Å². The van der Waals surface area contributed by atoms with Crippen molar-refractivity contribution in [1.29, 1.82) is 5.53 Å². The van der Waals surface area contributed by atoms with Crippen molar-refractivity contribution in [3.63, 3.8) is 0 Å². The van der Waals surface area contributed by atoms with Crippen molar-refractivity contribution in [1.82, 2.24) is 0 Å². The van der Waals surface area contributed by atoms with Crippen molar-refractivity contribution in [3.05, 3.63) is 37.1 Å². The van der Waals surface area contributed by atoms with Crippen LogP contribution in [0.4, 0.5) is 0 Å². The Hall–Kier alpha value is -1.18. The predicted octanol–water partition coefficient (Wildman–Crippen LogP) is 2.27. The number of rotatable bonds is 3. The van der Waals surface area contributed by atoms with Crippen molar-refractivity contribution in [2.75, 3.05) is 0 Å². The second-order valence-corrected chi connectivity index (χ2v) is 1.14. The zero-order valence-electron chi connectivity index (χ0n) is 4.59. The Morgan fingerprint density at radius 3 is 2.25 bits per heavy atom. The SMILES string of the molecule is C=C/C=C(\C=C)N=N. The van der Waals surface area contributed by atoms with E-state index in [-0.39, 0.29) is 0 Å². The van der Waals surface area contributed by atoms with Gasteiger partial charge < -0.3 is 0 Å². The Bertz CT molecular complexity index is 123. The summed E-state index contributed by atoms with van der Waals surface area (Å²) in [6.45, 7) is 6.85. The van der Waals surface area contributed by atoms with E-state index in [1.54, 1.807) is 12.2 Å². The van der Waals surface area contributed by atoms with Gasteiger partial charge in [-0.1, -0.05) is 19.2 Å². The van der Waals surface area contributed by atoms with Gasteiger partial charge in [0.1, 0.15) is 0 Å². The third-order valence-corrected chi connectivity index (χ3v) is 0.627. The third-order valence-electron chi connectivity index (χ3n) is 0.627. The smallest absolute Gasteiger partial charge is 0.0843 e. The minimum absolute atomic E-state index is 0.528. The monoisotopic (exact) mass is 108 g/mol. The first-order valence-electron chi connectivity index (χ1n) is 2.17. The molecule has 0 unspecified atom stereocenters. The van der Waals surface area contributed by atoms with Gasteiger partial charge in [0.2, 0.25) is 0 Å². The average molecular weight is 108 g/mol. The van der Waals surface area contributed by atoms with Crippen molar-refractivity contribution >= 4 is 0 Å². The molecular weight excluding hydrogens is 100 g/mol. The summed E-state index contributed by atoms with van der Waals surface area (Å²) in [7, 11) is 0. The van der Waals surface area contributed by atoms with Gasteiger partial charge in [-0.05, 0) is 12.2 Å². The number of nitrogens with one attached hydrogen (secondary N) is 1. The molecule has 0 saturated heterocycles. The Kier molecular flexibility index (Phi) is 3.40. The molecule has 0 bridgehead atoms. The van der Waals surface area contributed by atoms with E-state index in [4.69, 9.17) is 5.53 Å². The maximum absolute atomic E-state index is 6.50. The molecule has 0 atom stereocenters. The van der Waals surface area contributed by atoms with Crippen LogP contribution in [0.15, 0.2) is 42.2 Å². The van der Waals surface area contributed by atoms with E-state index in [0.717, 1.165) is 0 Å². The van der Waals surface area contributed by atoms with Crippen molar-refractivity contribution in [3.8, 4) is 0 Å². The molecule has 0 aliphatic heterocycles. The third kappa shape index (κ3) is 2.08. The van der Waals surface area contributed by atoms with Gasteiger partial charge in [0.15, 0.2) is 0 Å². The van der Waals surface area contributed by atoms with Crippen LogP contribution in [0.1, 0.15) is 0 Å². The number of hydrogen-bond donors (Lipinski definition) is 1. The van der Waals surface area contributed by atoms with Crippen molar-refractivity contribution in [2.24, 2.45) is 5.11 Å². The van der Waals surface area contributed by atoms with Crippen LogP contribution in [0.25, 0.3) is 0 Å². The molecule has 0 amide bonds. The Morgan fingerprint density at radius 1 is 1.50 bits per heavy atom. The van der Waals surface area contributed by atoms with Crippen LogP contribution >= 0.6 is 0 Å². The summed E-state index contributed by atoms with van der Waals surface area (Å²) in [6, 6.07) is 0. The average Bonchev–Trinajstić information content (AvgIpc) is 1.83. The van der Waals surface area contributed by atoms with Crippen LogP contribution in [-0.4, -0.2) is 0 Å². The van der Waals surface area contributed by atoms with Gasteiger partial charge >= 0.3 is 0 Å². The van der Waals surface area contributed by atoms with E-state index in [2.05, 4.69) is 18.3 Å². The molecule has 0 spiro atoms. The van der Waals surface area contributed by atoms with Crippen LogP contribution in [0.5, 0.6) is 0 Å². The molecule has 0 aliphatic rings. The second-order valence-electron chi connectivity index (χ2n) is 1.14. The minimum Gasteiger partial charge on any atom is -0.204 e. The molecule has 8 heavy (non-hydrogen) atoms. The molecule has 2 nitrogen and oxygen atoms in total. The van der Waals surface area contributed by atoms with Crippen LogP contribution in [0, 0.1) is 5.53 Å². The van der Waals surface area contributed by atoms with Gasteiger partial charge in [-0.15, -0.1) is 0 Å².